The molecule has 0 aromatic carbocycles. The zero-order valence-electron chi connectivity index (χ0n) is 46.3. The fraction of sp³-hybridized carbons (Fsp3) is 0.881. The van der Waals surface area contributed by atoms with Crippen molar-refractivity contribution in [2.45, 2.75) is 237 Å². The smallest absolute Gasteiger partial charge is 0.305 e. The topological polar surface area (TPSA) is 120 Å². The average Bonchev–Trinajstić information content (AvgIpc) is 3.35. The first-order valence-electron chi connectivity index (χ1n) is 29.6. The lowest BCUT2D eigenvalue weighted by Gasteiger charge is -2.34. The minimum Gasteiger partial charge on any atom is -0.464 e. The molecule has 4 unspecified atom stereocenters. The van der Waals surface area contributed by atoms with Crippen LogP contribution in [0.4, 0.5) is 0 Å². The summed E-state index contributed by atoms with van der Waals surface area (Å²) in [5.41, 5.74) is 0. The van der Waals surface area contributed by atoms with Gasteiger partial charge in [0.2, 0.25) is 0 Å². The molecule has 0 bridgehead atoms. The van der Waals surface area contributed by atoms with Gasteiger partial charge in [0.1, 0.15) is 6.61 Å². The maximum atomic E-state index is 12.7. The summed E-state index contributed by atoms with van der Waals surface area (Å²) in [6.45, 7) is 22.4. The monoisotopic (exact) mass is 1040 g/mol. The van der Waals surface area contributed by atoms with E-state index >= 15 is 0 Å². The standard InChI is InChI=1S/C59H114N4O6S2/c1-5-9-13-17-21-22-23-27-31-38-56(65)52-62(51-55(64)35-28-24-18-14-10-6-2)40-32-33-49-70-71-50-47-61-44-42-60(43-45-61)46-48-69-59(68)39-34-41-63(53-57(66)36-29-25-19-15-11-7-3)54-58(67)37-30-26-20-16-12-8-4/h5-6,13,17,55-58,64-67H,1-2,7-12,14-16,18-54H2,3-4H3/b17-13-. The predicted octanol–water partition coefficient (Wildman–Crippen LogP) is 12.6. The summed E-state index contributed by atoms with van der Waals surface area (Å²) < 4.78 is 5.68. The Kier molecular flexibility index (Phi) is 49.1. The fourth-order valence-corrected chi connectivity index (χ4v) is 11.7. The van der Waals surface area contributed by atoms with E-state index in [1.165, 1.54) is 77.0 Å². The zero-order chi connectivity index (χ0) is 51.7. The van der Waals surface area contributed by atoms with Gasteiger partial charge in [-0.1, -0.05) is 175 Å². The van der Waals surface area contributed by atoms with E-state index < -0.39 is 12.2 Å². The van der Waals surface area contributed by atoms with Gasteiger partial charge in [-0.2, -0.15) is 0 Å². The number of allylic oxidation sites excluding steroid dienone is 4. The molecule has 12 heteroatoms. The van der Waals surface area contributed by atoms with E-state index in [0.717, 1.165) is 166 Å². The van der Waals surface area contributed by atoms with Gasteiger partial charge in [-0.25, -0.2) is 0 Å². The van der Waals surface area contributed by atoms with Crippen molar-refractivity contribution >= 4 is 27.6 Å². The second-order valence-corrected chi connectivity index (χ2v) is 23.6. The lowest BCUT2D eigenvalue weighted by atomic mass is 10.1. The van der Waals surface area contributed by atoms with Crippen LogP contribution in [0.5, 0.6) is 0 Å². The Balaban J connectivity index is 2.31. The first kappa shape index (κ1) is 68.1. The summed E-state index contributed by atoms with van der Waals surface area (Å²) in [5.74, 6) is 2.08. The van der Waals surface area contributed by atoms with Gasteiger partial charge in [0.05, 0.1) is 24.4 Å². The van der Waals surface area contributed by atoms with Crippen molar-refractivity contribution in [3.63, 3.8) is 0 Å². The molecule has 0 spiro atoms. The molecule has 10 nitrogen and oxygen atoms in total. The van der Waals surface area contributed by atoms with Crippen LogP contribution < -0.4 is 0 Å². The number of rotatable bonds is 54. The van der Waals surface area contributed by atoms with Crippen LogP contribution in [0.3, 0.4) is 0 Å². The van der Waals surface area contributed by atoms with Crippen molar-refractivity contribution in [2.24, 2.45) is 0 Å². The van der Waals surface area contributed by atoms with E-state index in [4.69, 9.17) is 4.74 Å². The van der Waals surface area contributed by atoms with Crippen LogP contribution in [0.25, 0.3) is 0 Å². The highest BCUT2D eigenvalue weighted by molar-refractivity contribution is 8.76. The lowest BCUT2D eigenvalue weighted by molar-refractivity contribution is -0.144. The quantitative estimate of drug-likeness (QED) is 0.0201. The van der Waals surface area contributed by atoms with Gasteiger partial charge >= 0.3 is 5.97 Å². The predicted molar refractivity (Wildman–Crippen MR) is 310 cm³/mol. The molecule has 1 heterocycles. The minimum atomic E-state index is -0.404. The van der Waals surface area contributed by atoms with Crippen molar-refractivity contribution in [3.05, 3.63) is 37.5 Å². The number of carbonyl (C=O) groups is 1. The number of nitrogens with zero attached hydrogens (tertiary/aromatic N) is 4. The molecule has 0 aliphatic carbocycles. The molecule has 0 amide bonds. The molecule has 1 rings (SSSR count). The third-order valence-corrected chi connectivity index (χ3v) is 16.5. The van der Waals surface area contributed by atoms with E-state index in [9.17, 15) is 25.2 Å². The molecule has 0 aromatic rings. The first-order chi connectivity index (χ1) is 34.7. The van der Waals surface area contributed by atoms with E-state index in [-0.39, 0.29) is 18.2 Å². The third-order valence-electron chi connectivity index (χ3n) is 14.0. The summed E-state index contributed by atoms with van der Waals surface area (Å²) in [4.78, 5) is 22.2. The van der Waals surface area contributed by atoms with Gasteiger partial charge in [0, 0.05) is 83.4 Å². The van der Waals surface area contributed by atoms with Gasteiger partial charge in [-0.15, -0.1) is 13.2 Å². The molecular formula is C59H114N4O6S2. The van der Waals surface area contributed by atoms with Crippen LogP contribution in [0.1, 0.15) is 213 Å². The molecule has 4 atom stereocenters. The van der Waals surface area contributed by atoms with Crippen molar-refractivity contribution in [2.75, 3.05) is 96.6 Å². The maximum Gasteiger partial charge on any atom is 0.305 e. The molecule has 418 valence electrons. The Morgan fingerprint density at radius 2 is 0.958 bits per heavy atom. The summed E-state index contributed by atoms with van der Waals surface area (Å²) in [6.07, 6.45) is 40.2. The van der Waals surface area contributed by atoms with Crippen LogP contribution in [0, 0.1) is 0 Å². The molecule has 0 aromatic heterocycles. The number of piperazine rings is 1. The molecule has 1 aliphatic rings. The van der Waals surface area contributed by atoms with E-state index in [0.29, 0.717) is 52.2 Å². The van der Waals surface area contributed by atoms with Gasteiger partial charge in [0.15, 0.2) is 0 Å². The number of hydrogen-bond acceptors (Lipinski definition) is 12. The van der Waals surface area contributed by atoms with Crippen LogP contribution in [-0.2, 0) is 9.53 Å². The molecule has 0 saturated carbocycles. The molecule has 1 saturated heterocycles. The average molecular weight is 1040 g/mol. The SMILES string of the molecule is C=CC/C=C\CCCCCCC(O)CN(CCCCSSCCN1CCN(CCOC(=O)CCCN(CC(O)CCCCCCCC)CC(O)CCCCCCCC)CC1)CC(O)CCCCCCC=C. The van der Waals surface area contributed by atoms with Crippen molar-refractivity contribution in [1.29, 1.82) is 0 Å². The molecule has 1 aliphatic heterocycles. The van der Waals surface area contributed by atoms with Gasteiger partial charge in [-0.05, 0) is 90.1 Å². The van der Waals surface area contributed by atoms with Gasteiger partial charge < -0.3 is 25.2 Å². The Bertz CT molecular complexity index is 1190. The highest BCUT2D eigenvalue weighted by Gasteiger charge is 2.20. The number of esters is 1. The number of hydrogen-bond donors (Lipinski definition) is 4. The van der Waals surface area contributed by atoms with Crippen LogP contribution in [0.2, 0.25) is 0 Å². The van der Waals surface area contributed by atoms with Crippen LogP contribution in [-0.4, -0.2) is 167 Å². The minimum absolute atomic E-state index is 0.152. The van der Waals surface area contributed by atoms with E-state index in [1.54, 1.807) is 0 Å². The number of carbonyl (C=O) groups excluding carboxylic acids is 1. The normalized spacial score (nSPS) is 15.5. The molecular weight excluding hydrogens is 925 g/mol. The largest absolute Gasteiger partial charge is 0.464 e. The van der Waals surface area contributed by atoms with Crippen LogP contribution >= 0.6 is 21.6 Å². The van der Waals surface area contributed by atoms with Gasteiger partial charge in [-0.3, -0.25) is 24.4 Å². The summed E-state index contributed by atoms with van der Waals surface area (Å²) in [7, 11) is 3.95. The highest BCUT2D eigenvalue weighted by Crippen LogP contribution is 2.23. The fourth-order valence-electron chi connectivity index (χ4n) is 9.55. The number of aliphatic hydroxyl groups excluding tert-OH is 4. The maximum absolute atomic E-state index is 12.7. The van der Waals surface area contributed by atoms with Crippen molar-refractivity contribution in [1.82, 2.24) is 19.6 Å². The Morgan fingerprint density at radius 3 is 1.45 bits per heavy atom. The Morgan fingerprint density at radius 1 is 0.521 bits per heavy atom. The number of ether oxygens (including phenoxy) is 1. The van der Waals surface area contributed by atoms with Crippen LogP contribution in [0.15, 0.2) is 37.5 Å². The third kappa shape index (κ3) is 45.0. The first-order valence-corrected chi connectivity index (χ1v) is 32.1. The van der Waals surface area contributed by atoms with E-state index in [1.807, 2.05) is 33.7 Å². The second kappa shape index (κ2) is 51.2. The lowest BCUT2D eigenvalue weighted by Crippen LogP contribution is -2.47. The summed E-state index contributed by atoms with van der Waals surface area (Å²) in [5, 5.41) is 43.6. The second-order valence-electron chi connectivity index (χ2n) is 20.9. The number of aliphatic hydroxyl groups is 4. The number of unbranched alkanes of at least 4 members (excludes halogenated alkanes) is 19. The van der Waals surface area contributed by atoms with Crippen molar-refractivity contribution in [3.8, 4) is 0 Å². The molecule has 1 fully saturated rings. The van der Waals surface area contributed by atoms with Crippen molar-refractivity contribution < 1.29 is 30.0 Å². The Hall–Kier alpha value is -0.930. The molecule has 4 N–H and O–H groups in total. The molecule has 71 heavy (non-hydrogen) atoms. The summed E-state index contributed by atoms with van der Waals surface area (Å²) in [6, 6.07) is 0. The Labute approximate surface area is 446 Å². The summed E-state index contributed by atoms with van der Waals surface area (Å²) >= 11 is 0. The van der Waals surface area contributed by atoms with Gasteiger partial charge in [0.25, 0.3) is 0 Å². The highest BCUT2D eigenvalue weighted by atomic mass is 33.1. The van der Waals surface area contributed by atoms with E-state index in [2.05, 4.69) is 58.8 Å². The molecule has 0 radical (unpaired) electrons. The zero-order valence-corrected chi connectivity index (χ0v) is 47.9.